The second-order valence-corrected chi connectivity index (χ2v) is 4.95. The van der Waals surface area contributed by atoms with Crippen LogP contribution in [0.1, 0.15) is 10.4 Å². The van der Waals surface area contributed by atoms with Gasteiger partial charge in [0, 0.05) is 45.5 Å². The Morgan fingerprint density at radius 2 is 2.00 bits per heavy atom. The van der Waals surface area contributed by atoms with Gasteiger partial charge in [-0.25, -0.2) is 0 Å². The van der Waals surface area contributed by atoms with Crippen molar-refractivity contribution in [3.63, 3.8) is 0 Å². The molecule has 0 radical (unpaired) electrons. The van der Waals surface area contributed by atoms with Crippen LogP contribution in [0.2, 0.25) is 0 Å². The molecule has 1 saturated heterocycles. The first-order valence-electron chi connectivity index (χ1n) is 6.43. The Morgan fingerprint density at radius 3 is 2.58 bits per heavy atom. The summed E-state index contributed by atoms with van der Waals surface area (Å²) in [6, 6.07) is 7.60. The molecule has 19 heavy (non-hydrogen) atoms. The van der Waals surface area contributed by atoms with Crippen molar-refractivity contribution < 1.29 is 9.53 Å². The first kappa shape index (κ1) is 13.8. The van der Waals surface area contributed by atoms with E-state index in [0.717, 1.165) is 18.8 Å². The number of nitrogens with one attached hydrogen (secondary N) is 2. The van der Waals surface area contributed by atoms with Crippen LogP contribution in [0.25, 0.3) is 0 Å². The maximum absolute atomic E-state index is 12.1. The van der Waals surface area contributed by atoms with Crippen molar-refractivity contribution in [2.24, 2.45) is 0 Å². The molecule has 2 atom stereocenters. The largest absolute Gasteiger partial charge is 0.378 e. The average Bonchev–Trinajstić information content (AvgIpc) is 2.86. The highest BCUT2D eigenvalue weighted by Gasteiger charge is 2.28. The molecule has 1 heterocycles. The molecule has 1 aliphatic heterocycles. The van der Waals surface area contributed by atoms with E-state index in [1.54, 1.807) is 7.11 Å². The fourth-order valence-corrected chi connectivity index (χ4v) is 2.21. The van der Waals surface area contributed by atoms with Crippen molar-refractivity contribution in [1.82, 2.24) is 10.6 Å². The Morgan fingerprint density at radius 1 is 1.32 bits per heavy atom. The second-order valence-electron chi connectivity index (χ2n) is 4.95. The van der Waals surface area contributed by atoms with Crippen molar-refractivity contribution >= 4 is 11.6 Å². The molecule has 0 saturated carbocycles. The molecule has 5 nitrogen and oxygen atoms in total. The highest BCUT2D eigenvalue weighted by atomic mass is 16.5. The molecule has 5 heteroatoms. The first-order valence-corrected chi connectivity index (χ1v) is 6.43. The van der Waals surface area contributed by atoms with Crippen LogP contribution >= 0.6 is 0 Å². The van der Waals surface area contributed by atoms with Crippen LogP contribution in [-0.2, 0) is 4.74 Å². The third-order valence-electron chi connectivity index (χ3n) is 3.42. The molecule has 1 fully saturated rings. The van der Waals surface area contributed by atoms with Crippen molar-refractivity contribution in [3.05, 3.63) is 29.8 Å². The lowest BCUT2D eigenvalue weighted by molar-refractivity contribution is 0.0780. The highest BCUT2D eigenvalue weighted by molar-refractivity contribution is 5.94. The van der Waals surface area contributed by atoms with Gasteiger partial charge in [-0.1, -0.05) is 0 Å². The molecule has 1 aromatic rings. The SMILES string of the molecule is CO[C@H]1CNCC1NC(=O)c1ccc(N(C)C)cc1. The molecule has 1 unspecified atom stereocenters. The van der Waals surface area contributed by atoms with E-state index in [2.05, 4.69) is 10.6 Å². The third kappa shape index (κ3) is 3.24. The van der Waals surface area contributed by atoms with Crippen LogP contribution < -0.4 is 15.5 Å². The van der Waals surface area contributed by atoms with Gasteiger partial charge in [-0.05, 0) is 24.3 Å². The number of nitrogens with zero attached hydrogens (tertiary/aromatic N) is 1. The average molecular weight is 263 g/mol. The standard InChI is InChI=1S/C14H21N3O2/c1-17(2)11-6-4-10(5-7-11)14(18)16-12-8-15-9-13(12)19-3/h4-7,12-13,15H,8-9H2,1-3H3,(H,16,18)/t12?,13-/m0/s1. The number of amides is 1. The van der Waals surface area contributed by atoms with Crippen LogP contribution in [0.3, 0.4) is 0 Å². The normalized spacial score (nSPS) is 22.3. The number of hydrogen-bond acceptors (Lipinski definition) is 4. The van der Waals surface area contributed by atoms with Gasteiger partial charge in [0.05, 0.1) is 12.1 Å². The maximum Gasteiger partial charge on any atom is 0.251 e. The van der Waals surface area contributed by atoms with Gasteiger partial charge < -0.3 is 20.3 Å². The van der Waals surface area contributed by atoms with Crippen molar-refractivity contribution in [2.75, 3.05) is 39.2 Å². The van der Waals surface area contributed by atoms with Gasteiger partial charge in [-0.2, -0.15) is 0 Å². The van der Waals surface area contributed by atoms with Gasteiger partial charge >= 0.3 is 0 Å². The third-order valence-corrected chi connectivity index (χ3v) is 3.42. The fourth-order valence-electron chi connectivity index (χ4n) is 2.21. The van der Waals surface area contributed by atoms with E-state index < -0.39 is 0 Å². The number of methoxy groups -OCH3 is 1. The van der Waals surface area contributed by atoms with Gasteiger partial charge in [-0.3, -0.25) is 4.79 Å². The van der Waals surface area contributed by atoms with Gasteiger partial charge in [0.1, 0.15) is 0 Å². The summed E-state index contributed by atoms with van der Waals surface area (Å²) in [6.07, 6.45) is 0.0463. The minimum Gasteiger partial charge on any atom is -0.378 e. The van der Waals surface area contributed by atoms with Crippen LogP contribution in [-0.4, -0.2) is 52.3 Å². The predicted octanol–water partition coefficient (Wildman–Crippen LogP) is 0.469. The summed E-state index contributed by atoms with van der Waals surface area (Å²) in [7, 11) is 5.62. The highest BCUT2D eigenvalue weighted by Crippen LogP contribution is 2.13. The summed E-state index contributed by atoms with van der Waals surface area (Å²) >= 11 is 0. The number of carbonyl (C=O) groups excluding carboxylic acids is 1. The minimum absolute atomic E-state index is 0.0334. The summed E-state index contributed by atoms with van der Waals surface area (Å²) in [5.41, 5.74) is 1.75. The van der Waals surface area contributed by atoms with Gasteiger partial charge in [-0.15, -0.1) is 0 Å². The lowest BCUT2D eigenvalue weighted by Crippen LogP contribution is -2.43. The monoisotopic (exact) mass is 263 g/mol. The first-order chi connectivity index (χ1) is 9.11. The zero-order valence-corrected chi connectivity index (χ0v) is 11.6. The number of hydrogen-bond donors (Lipinski definition) is 2. The van der Waals surface area contributed by atoms with Gasteiger partial charge in [0.25, 0.3) is 5.91 Å². The summed E-state index contributed by atoms with van der Waals surface area (Å²) in [4.78, 5) is 14.1. The van der Waals surface area contributed by atoms with Crippen LogP contribution in [0.15, 0.2) is 24.3 Å². The summed E-state index contributed by atoms with van der Waals surface area (Å²) in [5, 5.41) is 6.21. The second kappa shape index (κ2) is 6.04. The lowest BCUT2D eigenvalue weighted by Gasteiger charge is -2.19. The van der Waals surface area contributed by atoms with Gasteiger partial charge in [0.15, 0.2) is 0 Å². The van der Waals surface area contributed by atoms with E-state index in [1.165, 1.54) is 0 Å². The lowest BCUT2D eigenvalue weighted by atomic mass is 10.1. The van der Waals surface area contributed by atoms with Crippen LogP contribution in [0.4, 0.5) is 5.69 Å². The minimum atomic E-state index is -0.0546. The number of anilines is 1. The molecule has 1 aromatic carbocycles. The Hall–Kier alpha value is -1.59. The molecule has 0 spiro atoms. The van der Waals surface area contributed by atoms with E-state index in [1.807, 2.05) is 43.3 Å². The quantitative estimate of drug-likeness (QED) is 0.829. The number of ether oxygens (including phenoxy) is 1. The molecule has 104 valence electrons. The van der Waals surface area contributed by atoms with E-state index in [4.69, 9.17) is 4.74 Å². The van der Waals surface area contributed by atoms with Crippen LogP contribution in [0, 0.1) is 0 Å². The van der Waals surface area contributed by atoms with Crippen molar-refractivity contribution in [2.45, 2.75) is 12.1 Å². The molecule has 0 aromatic heterocycles. The smallest absolute Gasteiger partial charge is 0.251 e. The molecule has 1 aliphatic rings. The van der Waals surface area contributed by atoms with Gasteiger partial charge in [0.2, 0.25) is 0 Å². The summed E-state index contributed by atoms with van der Waals surface area (Å²) < 4.78 is 5.33. The zero-order valence-electron chi connectivity index (χ0n) is 11.6. The molecule has 1 amide bonds. The van der Waals surface area contributed by atoms with Crippen LogP contribution in [0.5, 0.6) is 0 Å². The predicted molar refractivity (Wildman–Crippen MR) is 75.7 cm³/mol. The molecular weight excluding hydrogens is 242 g/mol. The maximum atomic E-state index is 12.1. The van der Waals surface area contributed by atoms with E-state index in [0.29, 0.717) is 5.56 Å². The topological polar surface area (TPSA) is 53.6 Å². The van der Waals surface area contributed by atoms with E-state index >= 15 is 0 Å². The molecule has 0 bridgehead atoms. The Balaban J connectivity index is 1.99. The van der Waals surface area contributed by atoms with E-state index in [9.17, 15) is 4.79 Å². The number of carbonyl (C=O) groups is 1. The molecule has 2 rings (SSSR count). The number of rotatable bonds is 4. The molecule has 2 N–H and O–H groups in total. The van der Waals surface area contributed by atoms with Crippen molar-refractivity contribution in [1.29, 1.82) is 0 Å². The Bertz CT molecular complexity index is 431. The molecule has 0 aliphatic carbocycles. The summed E-state index contributed by atoms with van der Waals surface area (Å²) in [6.45, 7) is 1.53. The van der Waals surface area contributed by atoms with E-state index in [-0.39, 0.29) is 18.1 Å². The fraction of sp³-hybridized carbons (Fsp3) is 0.500. The Labute approximate surface area is 113 Å². The van der Waals surface area contributed by atoms with Crippen molar-refractivity contribution in [3.8, 4) is 0 Å². The number of benzene rings is 1. The Kier molecular flexibility index (Phi) is 4.39. The summed E-state index contributed by atoms with van der Waals surface area (Å²) in [5.74, 6) is -0.0546. The zero-order chi connectivity index (χ0) is 13.8. The molecular formula is C14H21N3O2.